The SMILES string of the molecule is CCOC(=O)N1CCN(c2cnnc(Nc3ccc(C(C)(C)C)cc3)n2)CC1. The monoisotopic (exact) mass is 384 g/mol. The molecule has 1 aliphatic rings. The molecule has 1 saturated heterocycles. The predicted octanol–water partition coefficient (Wildman–Crippen LogP) is 3.19. The number of nitrogens with one attached hydrogen (secondary N) is 1. The van der Waals surface area contributed by atoms with Gasteiger partial charge in [-0.3, -0.25) is 0 Å². The highest BCUT2D eigenvalue weighted by atomic mass is 16.6. The van der Waals surface area contributed by atoms with Gasteiger partial charge in [-0.25, -0.2) is 4.79 Å². The van der Waals surface area contributed by atoms with Crippen molar-refractivity contribution in [2.24, 2.45) is 0 Å². The molecule has 0 unspecified atom stereocenters. The van der Waals surface area contributed by atoms with Gasteiger partial charge < -0.3 is 19.9 Å². The Bertz CT molecular complexity index is 795. The van der Waals surface area contributed by atoms with Crippen LogP contribution in [0.4, 0.5) is 22.2 Å². The molecule has 0 atom stereocenters. The van der Waals surface area contributed by atoms with Crippen LogP contribution in [-0.4, -0.2) is 59.0 Å². The van der Waals surface area contributed by atoms with E-state index in [1.807, 2.05) is 19.1 Å². The van der Waals surface area contributed by atoms with E-state index in [9.17, 15) is 4.79 Å². The van der Waals surface area contributed by atoms with E-state index in [1.165, 1.54) is 5.56 Å². The molecule has 150 valence electrons. The van der Waals surface area contributed by atoms with Gasteiger partial charge in [0, 0.05) is 31.9 Å². The van der Waals surface area contributed by atoms with E-state index >= 15 is 0 Å². The molecular weight excluding hydrogens is 356 g/mol. The largest absolute Gasteiger partial charge is 0.450 e. The van der Waals surface area contributed by atoms with Crippen LogP contribution in [0.25, 0.3) is 0 Å². The fraction of sp³-hybridized carbons (Fsp3) is 0.500. The van der Waals surface area contributed by atoms with Crippen LogP contribution in [0.5, 0.6) is 0 Å². The Labute approximate surface area is 165 Å². The molecule has 0 radical (unpaired) electrons. The number of carbonyl (C=O) groups excluding carboxylic acids is 1. The number of hydrogen-bond acceptors (Lipinski definition) is 7. The standard InChI is InChI=1S/C20H28N6O2/c1-5-28-19(27)26-12-10-25(11-13-26)17-14-21-24-18(23-17)22-16-8-6-15(7-9-16)20(2,3)4/h6-9,14H,5,10-13H2,1-4H3,(H,22,23,24). The Morgan fingerprint density at radius 2 is 1.82 bits per heavy atom. The number of hydrogen-bond donors (Lipinski definition) is 1. The lowest BCUT2D eigenvalue weighted by molar-refractivity contribution is 0.105. The molecule has 28 heavy (non-hydrogen) atoms. The Kier molecular flexibility index (Phi) is 5.96. The van der Waals surface area contributed by atoms with Crippen LogP contribution in [-0.2, 0) is 10.2 Å². The number of piperazine rings is 1. The molecule has 0 bridgehead atoms. The molecule has 0 aliphatic carbocycles. The Balaban J connectivity index is 1.62. The lowest BCUT2D eigenvalue weighted by Crippen LogP contribution is -2.49. The van der Waals surface area contributed by atoms with Crippen molar-refractivity contribution >= 4 is 23.5 Å². The zero-order chi connectivity index (χ0) is 20.1. The third-order valence-electron chi connectivity index (χ3n) is 4.68. The third-order valence-corrected chi connectivity index (χ3v) is 4.68. The van der Waals surface area contributed by atoms with E-state index in [-0.39, 0.29) is 11.5 Å². The quantitative estimate of drug-likeness (QED) is 0.866. The fourth-order valence-electron chi connectivity index (χ4n) is 3.02. The minimum atomic E-state index is -0.260. The van der Waals surface area contributed by atoms with Gasteiger partial charge in [-0.1, -0.05) is 32.9 Å². The zero-order valence-electron chi connectivity index (χ0n) is 17.0. The van der Waals surface area contributed by atoms with Crippen LogP contribution < -0.4 is 10.2 Å². The summed E-state index contributed by atoms with van der Waals surface area (Å²) in [6, 6.07) is 8.26. The normalized spacial score (nSPS) is 14.7. The van der Waals surface area contributed by atoms with Crippen LogP contribution in [0.2, 0.25) is 0 Å². The first-order chi connectivity index (χ1) is 13.4. The van der Waals surface area contributed by atoms with Crippen molar-refractivity contribution < 1.29 is 9.53 Å². The molecule has 2 heterocycles. The summed E-state index contributed by atoms with van der Waals surface area (Å²) in [6.45, 7) is 11.3. The second-order valence-electron chi connectivity index (χ2n) is 7.76. The summed E-state index contributed by atoms with van der Waals surface area (Å²) in [6.07, 6.45) is 1.39. The number of rotatable bonds is 4. The number of ether oxygens (including phenoxy) is 1. The number of benzene rings is 1. The van der Waals surface area contributed by atoms with E-state index in [0.29, 0.717) is 38.7 Å². The van der Waals surface area contributed by atoms with E-state index in [4.69, 9.17) is 4.74 Å². The minimum Gasteiger partial charge on any atom is -0.450 e. The Morgan fingerprint density at radius 3 is 2.43 bits per heavy atom. The molecule has 3 rings (SSSR count). The molecule has 2 aromatic rings. The van der Waals surface area contributed by atoms with Crippen LogP contribution in [0.3, 0.4) is 0 Å². The molecule has 1 N–H and O–H groups in total. The second-order valence-corrected chi connectivity index (χ2v) is 7.76. The van der Waals surface area contributed by atoms with E-state index < -0.39 is 0 Å². The van der Waals surface area contributed by atoms with Crippen molar-refractivity contribution in [3.63, 3.8) is 0 Å². The number of carbonyl (C=O) groups is 1. The summed E-state index contributed by atoms with van der Waals surface area (Å²) >= 11 is 0. The van der Waals surface area contributed by atoms with E-state index in [1.54, 1.807) is 11.1 Å². The van der Waals surface area contributed by atoms with Crippen molar-refractivity contribution in [3.05, 3.63) is 36.0 Å². The van der Waals surface area contributed by atoms with Crippen LogP contribution in [0, 0.1) is 0 Å². The molecule has 1 aliphatic heterocycles. The summed E-state index contributed by atoms with van der Waals surface area (Å²) in [5, 5.41) is 11.4. The number of anilines is 3. The smallest absolute Gasteiger partial charge is 0.409 e. The van der Waals surface area contributed by atoms with E-state index in [2.05, 4.69) is 58.3 Å². The average molecular weight is 384 g/mol. The summed E-state index contributed by atoms with van der Waals surface area (Å²) in [5.74, 6) is 1.20. The number of aromatic nitrogens is 3. The molecule has 1 fully saturated rings. The number of amides is 1. The third kappa shape index (κ3) is 4.88. The first-order valence-corrected chi connectivity index (χ1v) is 9.61. The van der Waals surface area contributed by atoms with Crippen LogP contribution in [0.1, 0.15) is 33.3 Å². The maximum atomic E-state index is 11.8. The molecule has 0 saturated carbocycles. The van der Waals surface area contributed by atoms with Crippen molar-refractivity contribution in [1.82, 2.24) is 20.1 Å². The molecule has 1 aromatic heterocycles. The van der Waals surface area contributed by atoms with Crippen molar-refractivity contribution in [3.8, 4) is 0 Å². The molecular formula is C20H28N6O2. The molecule has 8 nitrogen and oxygen atoms in total. The first kappa shape index (κ1) is 19.9. The van der Waals surface area contributed by atoms with Crippen molar-refractivity contribution in [2.75, 3.05) is 43.0 Å². The predicted molar refractivity (Wildman–Crippen MR) is 109 cm³/mol. The van der Waals surface area contributed by atoms with Gasteiger partial charge in [-0.15, -0.1) is 5.10 Å². The maximum absolute atomic E-state index is 11.8. The maximum Gasteiger partial charge on any atom is 0.409 e. The molecule has 1 aromatic carbocycles. The van der Waals surface area contributed by atoms with Crippen LogP contribution >= 0.6 is 0 Å². The van der Waals surface area contributed by atoms with Gasteiger partial charge in [0.15, 0.2) is 5.82 Å². The van der Waals surface area contributed by atoms with E-state index in [0.717, 1.165) is 11.5 Å². The van der Waals surface area contributed by atoms with Gasteiger partial charge in [0.25, 0.3) is 0 Å². The zero-order valence-corrected chi connectivity index (χ0v) is 17.0. The summed E-state index contributed by atoms with van der Waals surface area (Å²) in [7, 11) is 0. The molecule has 1 amide bonds. The topological polar surface area (TPSA) is 83.5 Å². The Hall–Kier alpha value is -2.90. The lowest BCUT2D eigenvalue weighted by atomic mass is 9.87. The number of nitrogens with zero attached hydrogens (tertiary/aromatic N) is 5. The summed E-state index contributed by atoms with van der Waals surface area (Å²) in [5.41, 5.74) is 2.30. The minimum absolute atomic E-state index is 0.113. The van der Waals surface area contributed by atoms with Gasteiger partial charge in [0.05, 0.1) is 12.8 Å². The molecule has 0 spiro atoms. The first-order valence-electron chi connectivity index (χ1n) is 9.61. The van der Waals surface area contributed by atoms with Crippen LogP contribution in [0.15, 0.2) is 30.5 Å². The van der Waals surface area contributed by atoms with Crippen molar-refractivity contribution in [1.29, 1.82) is 0 Å². The highest BCUT2D eigenvalue weighted by molar-refractivity contribution is 5.68. The Morgan fingerprint density at radius 1 is 1.14 bits per heavy atom. The second kappa shape index (κ2) is 8.41. The van der Waals surface area contributed by atoms with Gasteiger partial charge in [0.2, 0.25) is 5.95 Å². The fourth-order valence-corrected chi connectivity index (χ4v) is 3.02. The average Bonchev–Trinajstić information content (AvgIpc) is 2.68. The summed E-state index contributed by atoms with van der Waals surface area (Å²) < 4.78 is 5.06. The van der Waals surface area contributed by atoms with Gasteiger partial charge in [0.1, 0.15) is 0 Å². The van der Waals surface area contributed by atoms with Gasteiger partial charge in [-0.2, -0.15) is 10.1 Å². The summed E-state index contributed by atoms with van der Waals surface area (Å²) in [4.78, 5) is 20.2. The van der Waals surface area contributed by atoms with Crippen molar-refractivity contribution in [2.45, 2.75) is 33.1 Å². The molecule has 8 heteroatoms. The lowest BCUT2D eigenvalue weighted by Gasteiger charge is -2.34. The van der Waals surface area contributed by atoms with Gasteiger partial charge >= 0.3 is 6.09 Å². The highest BCUT2D eigenvalue weighted by Gasteiger charge is 2.23. The van der Waals surface area contributed by atoms with Gasteiger partial charge in [-0.05, 0) is 30.0 Å². The highest BCUT2D eigenvalue weighted by Crippen LogP contribution is 2.24.